The Morgan fingerprint density at radius 2 is 1.81 bits per heavy atom. The third-order valence-electron chi connectivity index (χ3n) is 5.19. The zero-order chi connectivity index (χ0) is 21.6. The van der Waals surface area contributed by atoms with Crippen molar-refractivity contribution in [3.05, 3.63) is 77.4 Å². The highest BCUT2D eigenvalue weighted by Crippen LogP contribution is 2.27. The molecule has 8 heteroatoms. The Kier molecular flexibility index (Phi) is 6.66. The van der Waals surface area contributed by atoms with Crippen LogP contribution in [0, 0.1) is 6.92 Å². The molecule has 0 atom stereocenters. The van der Waals surface area contributed by atoms with Crippen LogP contribution < -0.4 is 5.32 Å². The number of piperidine rings is 1. The fraction of sp³-hybridized carbons (Fsp3) is 0.304. The zero-order valence-corrected chi connectivity index (χ0v) is 18.1. The van der Waals surface area contributed by atoms with Gasteiger partial charge in [0, 0.05) is 29.6 Å². The number of nitrogens with zero attached hydrogens (tertiary/aromatic N) is 3. The number of hydrogen-bond acceptors (Lipinski definition) is 6. The summed E-state index contributed by atoms with van der Waals surface area (Å²) in [5, 5.41) is 6.88. The molecule has 7 nitrogen and oxygen atoms in total. The van der Waals surface area contributed by atoms with Crippen LogP contribution in [-0.2, 0) is 5.75 Å². The van der Waals surface area contributed by atoms with Gasteiger partial charge in [-0.2, -0.15) is 4.98 Å². The van der Waals surface area contributed by atoms with Crippen molar-refractivity contribution in [1.82, 2.24) is 20.4 Å². The van der Waals surface area contributed by atoms with Crippen LogP contribution in [0.15, 0.2) is 64.0 Å². The molecular formula is C23H24N4O3S. The minimum absolute atomic E-state index is 0.0117. The van der Waals surface area contributed by atoms with Gasteiger partial charge in [0.15, 0.2) is 5.82 Å². The first kappa shape index (κ1) is 21.1. The SMILES string of the molecule is Cc1noc(CSc2ccccc2C(=O)N2CCC(NC(=O)c3ccccc3)CC2)n1. The quantitative estimate of drug-likeness (QED) is 0.593. The number of benzene rings is 2. The van der Waals surface area contributed by atoms with Gasteiger partial charge in [0.25, 0.3) is 11.8 Å². The van der Waals surface area contributed by atoms with E-state index in [1.54, 1.807) is 19.1 Å². The number of thioether (sulfide) groups is 1. The Labute approximate surface area is 185 Å². The Morgan fingerprint density at radius 3 is 2.52 bits per heavy atom. The topological polar surface area (TPSA) is 88.3 Å². The van der Waals surface area contributed by atoms with Gasteiger partial charge >= 0.3 is 0 Å². The smallest absolute Gasteiger partial charge is 0.254 e. The van der Waals surface area contributed by atoms with Crippen LogP contribution in [0.2, 0.25) is 0 Å². The Hall–Kier alpha value is -3.13. The first-order chi connectivity index (χ1) is 15.1. The molecule has 0 aliphatic carbocycles. The monoisotopic (exact) mass is 436 g/mol. The lowest BCUT2D eigenvalue weighted by Crippen LogP contribution is -2.46. The number of carbonyl (C=O) groups is 2. The molecule has 0 spiro atoms. The molecule has 160 valence electrons. The van der Waals surface area contributed by atoms with Crippen molar-refractivity contribution in [2.45, 2.75) is 36.5 Å². The van der Waals surface area contributed by atoms with E-state index in [9.17, 15) is 9.59 Å². The van der Waals surface area contributed by atoms with Crippen LogP contribution >= 0.6 is 11.8 Å². The van der Waals surface area contributed by atoms with E-state index in [4.69, 9.17) is 4.52 Å². The van der Waals surface area contributed by atoms with Crippen molar-refractivity contribution < 1.29 is 14.1 Å². The van der Waals surface area contributed by atoms with Crippen LogP contribution in [0.4, 0.5) is 0 Å². The molecule has 3 aromatic rings. The zero-order valence-electron chi connectivity index (χ0n) is 17.3. The molecule has 0 bridgehead atoms. The van der Waals surface area contributed by atoms with Crippen molar-refractivity contribution in [2.75, 3.05) is 13.1 Å². The van der Waals surface area contributed by atoms with Crippen LogP contribution in [0.25, 0.3) is 0 Å². The first-order valence-corrected chi connectivity index (χ1v) is 11.2. The molecule has 31 heavy (non-hydrogen) atoms. The van der Waals surface area contributed by atoms with E-state index in [-0.39, 0.29) is 17.9 Å². The van der Waals surface area contributed by atoms with Gasteiger partial charge in [-0.15, -0.1) is 11.8 Å². The van der Waals surface area contributed by atoms with E-state index < -0.39 is 0 Å². The average Bonchev–Trinajstić information content (AvgIpc) is 3.23. The van der Waals surface area contributed by atoms with E-state index in [2.05, 4.69) is 15.5 Å². The molecule has 2 heterocycles. The molecule has 1 aliphatic heterocycles. The molecule has 0 unspecified atom stereocenters. The molecule has 1 aromatic heterocycles. The highest BCUT2D eigenvalue weighted by Gasteiger charge is 2.26. The number of rotatable bonds is 6. The van der Waals surface area contributed by atoms with Gasteiger partial charge in [0.2, 0.25) is 5.89 Å². The predicted molar refractivity (Wildman–Crippen MR) is 118 cm³/mol. The molecule has 0 radical (unpaired) electrons. The second-order valence-electron chi connectivity index (χ2n) is 7.43. The van der Waals surface area contributed by atoms with Crippen molar-refractivity contribution in [2.24, 2.45) is 0 Å². The number of aryl methyl sites for hydroxylation is 1. The lowest BCUT2D eigenvalue weighted by Gasteiger charge is -2.32. The lowest BCUT2D eigenvalue weighted by molar-refractivity contribution is 0.0694. The van der Waals surface area contributed by atoms with Crippen LogP contribution in [0.5, 0.6) is 0 Å². The van der Waals surface area contributed by atoms with Gasteiger partial charge in [-0.3, -0.25) is 9.59 Å². The van der Waals surface area contributed by atoms with Gasteiger partial charge in [-0.1, -0.05) is 35.5 Å². The van der Waals surface area contributed by atoms with Gasteiger partial charge in [-0.05, 0) is 44.0 Å². The highest BCUT2D eigenvalue weighted by molar-refractivity contribution is 7.98. The Balaban J connectivity index is 1.34. The number of hydrogen-bond donors (Lipinski definition) is 1. The van der Waals surface area contributed by atoms with Crippen molar-refractivity contribution in [1.29, 1.82) is 0 Å². The summed E-state index contributed by atoms with van der Waals surface area (Å²) in [4.78, 5) is 32.5. The Morgan fingerprint density at radius 1 is 1.10 bits per heavy atom. The normalized spacial score (nSPS) is 14.4. The van der Waals surface area contributed by atoms with Gasteiger partial charge < -0.3 is 14.7 Å². The summed E-state index contributed by atoms with van der Waals surface area (Å²) >= 11 is 1.51. The van der Waals surface area contributed by atoms with E-state index in [1.807, 2.05) is 47.4 Å². The maximum Gasteiger partial charge on any atom is 0.254 e. The highest BCUT2D eigenvalue weighted by atomic mass is 32.2. The molecular weight excluding hydrogens is 412 g/mol. The summed E-state index contributed by atoms with van der Waals surface area (Å²) in [5.41, 5.74) is 1.33. The second kappa shape index (κ2) is 9.78. The third-order valence-corrected chi connectivity index (χ3v) is 6.25. The summed E-state index contributed by atoms with van der Waals surface area (Å²) < 4.78 is 5.17. The largest absolute Gasteiger partial charge is 0.349 e. The summed E-state index contributed by atoms with van der Waals surface area (Å²) in [6.07, 6.45) is 1.47. The summed E-state index contributed by atoms with van der Waals surface area (Å²) in [7, 11) is 0. The van der Waals surface area contributed by atoms with E-state index >= 15 is 0 Å². The molecule has 1 fully saturated rings. The second-order valence-corrected chi connectivity index (χ2v) is 8.44. The molecule has 4 rings (SSSR count). The van der Waals surface area contributed by atoms with Crippen molar-refractivity contribution >= 4 is 23.6 Å². The molecule has 2 aromatic carbocycles. The summed E-state index contributed by atoms with van der Waals surface area (Å²) in [6, 6.07) is 16.9. The molecule has 1 saturated heterocycles. The molecule has 0 saturated carbocycles. The number of amides is 2. The lowest BCUT2D eigenvalue weighted by atomic mass is 10.0. The standard InChI is InChI=1S/C23H24N4O3S/c1-16-24-21(30-26-16)15-31-20-10-6-5-9-19(20)23(29)27-13-11-18(12-14-27)25-22(28)17-7-3-2-4-8-17/h2-10,18H,11-15H2,1H3,(H,25,28). The molecule has 1 N–H and O–H groups in total. The van der Waals surface area contributed by atoms with E-state index in [0.29, 0.717) is 41.7 Å². The van der Waals surface area contributed by atoms with Gasteiger partial charge in [0.1, 0.15) is 0 Å². The predicted octanol–water partition coefficient (Wildman–Crippen LogP) is 3.70. The molecule has 1 aliphatic rings. The van der Waals surface area contributed by atoms with Crippen LogP contribution in [-0.4, -0.2) is 46.0 Å². The number of aromatic nitrogens is 2. The minimum atomic E-state index is -0.0663. The van der Waals surface area contributed by atoms with Crippen molar-refractivity contribution in [3.63, 3.8) is 0 Å². The van der Waals surface area contributed by atoms with E-state index in [0.717, 1.165) is 17.7 Å². The first-order valence-electron chi connectivity index (χ1n) is 10.3. The minimum Gasteiger partial charge on any atom is -0.349 e. The fourth-order valence-corrected chi connectivity index (χ4v) is 4.44. The Bertz CT molecular complexity index is 1050. The van der Waals surface area contributed by atoms with E-state index in [1.165, 1.54) is 11.8 Å². The number of nitrogens with one attached hydrogen (secondary N) is 1. The van der Waals surface area contributed by atoms with Gasteiger partial charge in [0.05, 0.1) is 11.3 Å². The van der Waals surface area contributed by atoms with Gasteiger partial charge in [-0.25, -0.2) is 0 Å². The van der Waals surface area contributed by atoms with Crippen molar-refractivity contribution in [3.8, 4) is 0 Å². The average molecular weight is 437 g/mol. The number of likely N-dealkylation sites (tertiary alicyclic amines) is 1. The van der Waals surface area contributed by atoms with Crippen LogP contribution in [0.3, 0.4) is 0 Å². The molecule has 2 amide bonds. The maximum atomic E-state index is 13.2. The van der Waals surface area contributed by atoms with Crippen LogP contribution in [0.1, 0.15) is 45.3 Å². The number of carbonyl (C=O) groups excluding carboxylic acids is 2. The summed E-state index contributed by atoms with van der Waals surface area (Å²) in [5.74, 6) is 1.60. The summed E-state index contributed by atoms with van der Waals surface area (Å²) in [6.45, 7) is 3.00. The fourth-order valence-electron chi connectivity index (χ4n) is 3.56. The third kappa shape index (κ3) is 5.32. The maximum absolute atomic E-state index is 13.2.